The number of nitrogens with zero attached hydrogens (tertiary/aromatic N) is 1. The Balaban J connectivity index is 3.23. The standard InChI is InChI=1S/C8H8F3NO2/c1-14-6-2-4(7(9)10)8(11)12-5(6)3-13/h2,7,13H,3H2,1H3. The van der Waals surface area contributed by atoms with Crippen LogP contribution in [0, 0.1) is 5.95 Å². The second-order valence-corrected chi connectivity index (χ2v) is 2.48. The number of halogens is 3. The Morgan fingerprint density at radius 3 is 2.64 bits per heavy atom. The fourth-order valence-corrected chi connectivity index (χ4v) is 0.965. The molecule has 0 fully saturated rings. The van der Waals surface area contributed by atoms with Crippen LogP contribution in [0.15, 0.2) is 6.07 Å². The lowest BCUT2D eigenvalue weighted by Gasteiger charge is -2.08. The summed E-state index contributed by atoms with van der Waals surface area (Å²) in [6.45, 7) is -0.566. The third kappa shape index (κ3) is 1.95. The molecule has 0 amide bonds. The van der Waals surface area contributed by atoms with Gasteiger partial charge in [0.25, 0.3) is 6.43 Å². The molecule has 0 aliphatic carbocycles. The number of rotatable bonds is 3. The van der Waals surface area contributed by atoms with Gasteiger partial charge in [-0.15, -0.1) is 0 Å². The Hall–Kier alpha value is -1.30. The third-order valence-corrected chi connectivity index (χ3v) is 1.65. The third-order valence-electron chi connectivity index (χ3n) is 1.65. The van der Waals surface area contributed by atoms with E-state index in [-0.39, 0.29) is 11.4 Å². The van der Waals surface area contributed by atoms with Gasteiger partial charge in [-0.05, 0) is 6.07 Å². The maximum atomic E-state index is 12.8. The Kier molecular flexibility index (Phi) is 3.29. The van der Waals surface area contributed by atoms with Gasteiger partial charge < -0.3 is 9.84 Å². The minimum absolute atomic E-state index is 0.0517. The van der Waals surface area contributed by atoms with Crippen LogP contribution in [0.25, 0.3) is 0 Å². The van der Waals surface area contributed by atoms with E-state index in [0.717, 1.165) is 6.07 Å². The Labute approximate surface area is 78.2 Å². The first-order chi connectivity index (χ1) is 6.60. The molecule has 0 radical (unpaired) electrons. The summed E-state index contributed by atoms with van der Waals surface area (Å²) in [6, 6.07) is 0.832. The molecule has 78 valence electrons. The normalized spacial score (nSPS) is 10.7. The van der Waals surface area contributed by atoms with E-state index in [1.54, 1.807) is 0 Å². The number of hydrogen-bond acceptors (Lipinski definition) is 3. The molecule has 1 N–H and O–H groups in total. The van der Waals surface area contributed by atoms with E-state index in [4.69, 9.17) is 5.11 Å². The van der Waals surface area contributed by atoms with Gasteiger partial charge in [-0.1, -0.05) is 0 Å². The summed E-state index contributed by atoms with van der Waals surface area (Å²) in [5.41, 5.74) is -0.937. The molecule has 0 saturated carbocycles. The lowest BCUT2D eigenvalue weighted by atomic mass is 10.2. The van der Waals surface area contributed by atoms with Crippen molar-refractivity contribution in [3.8, 4) is 5.75 Å². The van der Waals surface area contributed by atoms with Crippen LogP contribution in [0.2, 0.25) is 0 Å². The number of hydrogen-bond donors (Lipinski definition) is 1. The lowest BCUT2D eigenvalue weighted by Crippen LogP contribution is -2.02. The van der Waals surface area contributed by atoms with Crippen molar-refractivity contribution in [2.45, 2.75) is 13.0 Å². The fraction of sp³-hybridized carbons (Fsp3) is 0.375. The first-order valence-corrected chi connectivity index (χ1v) is 3.72. The molecule has 1 rings (SSSR count). The first kappa shape index (κ1) is 10.8. The number of methoxy groups -OCH3 is 1. The summed E-state index contributed by atoms with van der Waals surface area (Å²) in [7, 11) is 1.23. The SMILES string of the molecule is COc1cc(C(F)F)c(F)nc1CO. The van der Waals surface area contributed by atoms with Gasteiger partial charge in [0.2, 0.25) is 5.95 Å². The Morgan fingerprint density at radius 2 is 2.21 bits per heavy atom. The van der Waals surface area contributed by atoms with Gasteiger partial charge >= 0.3 is 0 Å². The molecule has 0 bridgehead atoms. The van der Waals surface area contributed by atoms with E-state index in [2.05, 4.69) is 9.72 Å². The molecule has 1 aromatic heterocycles. The molecule has 0 saturated heterocycles. The molecule has 0 unspecified atom stereocenters. The van der Waals surface area contributed by atoms with Crippen LogP contribution in [-0.4, -0.2) is 17.2 Å². The van der Waals surface area contributed by atoms with Crippen LogP contribution < -0.4 is 4.74 Å². The predicted molar refractivity (Wildman–Crippen MR) is 41.6 cm³/mol. The van der Waals surface area contributed by atoms with Gasteiger partial charge in [0.1, 0.15) is 11.4 Å². The van der Waals surface area contributed by atoms with E-state index < -0.39 is 24.5 Å². The molecule has 3 nitrogen and oxygen atoms in total. The van der Waals surface area contributed by atoms with E-state index in [1.165, 1.54) is 7.11 Å². The summed E-state index contributed by atoms with van der Waals surface area (Å²) in [6.07, 6.45) is -2.95. The first-order valence-electron chi connectivity index (χ1n) is 3.72. The molecule has 0 atom stereocenters. The number of aromatic nitrogens is 1. The number of aliphatic hydroxyl groups is 1. The van der Waals surface area contributed by atoms with Crippen LogP contribution in [0.5, 0.6) is 5.75 Å². The highest BCUT2D eigenvalue weighted by Gasteiger charge is 2.18. The summed E-state index contributed by atoms with van der Waals surface area (Å²) in [5.74, 6) is -1.34. The molecule has 6 heteroatoms. The zero-order valence-corrected chi connectivity index (χ0v) is 7.30. The number of pyridine rings is 1. The van der Waals surface area contributed by atoms with Crippen molar-refractivity contribution in [3.05, 3.63) is 23.3 Å². The molecular formula is C8H8F3NO2. The number of aliphatic hydroxyl groups excluding tert-OH is 1. The molecule has 0 aromatic carbocycles. The van der Waals surface area contributed by atoms with Crippen molar-refractivity contribution in [1.82, 2.24) is 4.98 Å². The van der Waals surface area contributed by atoms with Gasteiger partial charge in [-0.25, -0.2) is 13.8 Å². The molecule has 14 heavy (non-hydrogen) atoms. The van der Waals surface area contributed by atoms with E-state index in [9.17, 15) is 13.2 Å². The van der Waals surface area contributed by atoms with E-state index in [0.29, 0.717) is 0 Å². The number of ether oxygens (including phenoxy) is 1. The highest BCUT2D eigenvalue weighted by atomic mass is 19.3. The molecule has 0 aliphatic heterocycles. The largest absolute Gasteiger partial charge is 0.495 e. The Bertz CT molecular complexity index is 331. The van der Waals surface area contributed by atoms with Crippen molar-refractivity contribution in [2.75, 3.05) is 7.11 Å². The van der Waals surface area contributed by atoms with Crippen molar-refractivity contribution in [3.63, 3.8) is 0 Å². The van der Waals surface area contributed by atoms with Crippen LogP contribution in [0.4, 0.5) is 13.2 Å². The fourth-order valence-electron chi connectivity index (χ4n) is 0.965. The zero-order valence-electron chi connectivity index (χ0n) is 7.30. The van der Waals surface area contributed by atoms with Crippen molar-refractivity contribution >= 4 is 0 Å². The van der Waals surface area contributed by atoms with Crippen LogP contribution in [0.1, 0.15) is 17.7 Å². The van der Waals surface area contributed by atoms with Crippen molar-refractivity contribution in [1.29, 1.82) is 0 Å². The maximum Gasteiger partial charge on any atom is 0.268 e. The molecule has 0 aliphatic rings. The van der Waals surface area contributed by atoms with Crippen LogP contribution >= 0.6 is 0 Å². The average Bonchev–Trinajstić information content (AvgIpc) is 2.16. The second kappa shape index (κ2) is 4.28. The van der Waals surface area contributed by atoms with E-state index in [1.807, 2.05) is 0 Å². The van der Waals surface area contributed by atoms with Crippen molar-refractivity contribution < 1.29 is 23.0 Å². The highest BCUT2D eigenvalue weighted by molar-refractivity contribution is 5.32. The molecule has 1 aromatic rings. The number of alkyl halides is 2. The van der Waals surface area contributed by atoms with Gasteiger partial charge in [-0.2, -0.15) is 4.39 Å². The average molecular weight is 207 g/mol. The van der Waals surface area contributed by atoms with Crippen LogP contribution in [0.3, 0.4) is 0 Å². The zero-order chi connectivity index (χ0) is 10.7. The lowest BCUT2D eigenvalue weighted by molar-refractivity contribution is 0.144. The van der Waals surface area contributed by atoms with Gasteiger partial charge in [0.05, 0.1) is 19.3 Å². The highest BCUT2D eigenvalue weighted by Crippen LogP contribution is 2.27. The second-order valence-electron chi connectivity index (χ2n) is 2.48. The van der Waals surface area contributed by atoms with Crippen LogP contribution in [-0.2, 0) is 6.61 Å². The molecular weight excluding hydrogens is 199 g/mol. The van der Waals surface area contributed by atoms with Gasteiger partial charge in [-0.3, -0.25) is 0 Å². The van der Waals surface area contributed by atoms with Gasteiger partial charge in [0.15, 0.2) is 0 Å². The smallest absolute Gasteiger partial charge is 0.268 e. The monoisotopic (exact) mass is 207 g/mol. The predicted octanol–water partition coefficient (Wildman–Crippen LogP) is 1.66. The van der Waals surface area contributed by atoms with E-state index >= 15 is 0 Å². The summed E-state index contributed by atoms with van der Waals surface area (Å²) < 4.78 is 41.9. The summed E-state index contributed by atoms with van der Waals surface area (Å²) in [5, 5.41) is 8.71. The molecule has 0 spiro atoms. The van der Waals surface area contributed by atoms with Crippen molar-refractivity contribution in [2.24, 2.45) is 0 Å². The summed E-state index contributed by atoms with van der Waals surface area (Å²) in [4.78, 5) is 3.16. The maximum absolute atomic E-state index is 12.8. The van der Waals surface area contributed by atoms with Gasteiger partial charge in [0, 0.05) is 0 Å². The minimum atomic E-state index is -2.95. The quantitative estimate of drug-likeness (QED) is 0.766. The summed E-state index contributed by atoms with van der Waals surface area (Å²) >= 11 is 0. The molecule has 1 heterocycles. The Morgan fingerprint density at radius 1 is 1.57 bits per heavy atom. The minimum Gasteiger partial charge on any atom is -0.495 e. The topological polar surface area (TPSA) is 42.4 Å².